The number of thioether (sulfide) groups is 1. The van der Waals surface area contributed by atoms with Gasteiger partial charge in [-0.15, -0.1) is 5.10 Å². The summed E-state index contributed by atoms with van der Waals surface area (Å²) in [5.41, 5.74) is 2.11. The number of ether oxygens (including phenoxy) is 1. The molecule has 2 amide bonds. The second-order valence-electron chi connectivity index (χ2n) is 6.75. The number of amides is 2. The summed E-state index contributed by atoms with van der Waals surface area (Å²) < 4.78 is 6.88. The number of nitrogens with zero attached hydrogens (tertiary/aromatic N) is 4. The minimum absolute atomic E-state index is 0.0458. The van der Waals surface area contributed by atoms with Crippen molar-refractivity contribution < 1.29 is 14.3 Å². The summed E-state index contributed by atoms with van der Waals surface area (Å²) in [7, 11) is 1.56. The number of benzene rings is 3. The lowest BCUT2D eigenvalue weighted by Crippen LogP contribution is -2.19. The molecule has 0 radical (unpaired) electrons. The Kier molecular flexibility index (Phi) is 6.96. The van der Waals surface area contributed by atoms with Gasteiger partial charge in [-0.3, -0.25) is 9.59 Å². The summed E-state index contributed by atoms with van der Waals surface area (Å²) in [6.07, 6.45) is 0. The summed E-state index contributed by atoms with van der Waals surface area (Å²) in [5, 5.41) is 17.8. The molecule has 4 rings (SSSR count). The van der Waals surface area contributed by atoms with Crippen LogP contribution in [0, 0.1) is 0 Å². The summed E-state index contributed by atoms with van der Waals surface area (Å²) in [6, 6.07) is 23.3. The topological polar surface area (TPSA) is 111 Å². The van der Waals surface area contributed by atoms with Crippen LogP contribution in [0.25, 0.3) is 5.69 Å². The fourth-order valence-electron chi connectivity index (χ4n) is 3.05. The van der Waals surface area contributed by atoms with E-state index in [9.17, 15) is 9.59 Å². The van der Waals surface area contributed by atoms with Crippen molar-refractivity contribution in [3.05, 3.63) is 84.4 Å². The van der Waals surface area contributed by atoms with Crippen molar-refractivity contribution in [3.8, 4) is 11.4 Å². The molecule has 2 N–H and O–H groups in total. The summed E-state index contributed by atoms with van der Waals surface area (Å²) >= 11 is 1.17. The fraction of sp³-hybridized carbons (Fsp3) is 0.0870. The quantitative estimate of drug-likeness (QED) is 0.386. The SMILES string of the molecule is COc1ccccc1-n1nnnc1SCC(=O)Nc1ccccc1C(=O)Nc1ccccc1. The highest BCUT2D eigenvalue weighted by atomic mass is 32.2. The minimum atomic E-state index is -0.315. The number of methoxy groups -OCH3 is 1. The molecule has 3 aromatic carbocycles. The van der Waals surface area contributed by atoms with E-state index in [1.54, 1.807) is 49.6 Å². The molecule has 1 heterocycles. The van der Waals surface area contributed by atoms with Crippen LogP contribution in [0.3, 0.4) is 0 Å². The molecule has 0 aliphatic carbocycles. The van der Waals surface area contributed by atoms with Gasteiger partial charge in [0.25, 0.3) is 5.91 Å². The zero-order chi connectivity index (χ0) is 23.0. The first-order valence-corrected chi connectivity index (χ1v) is 10.9. The Bertz CT molecular complexity index is 1260. The molecule has 0 fully saturated rings. The second-order valence-corrected chi connectivity index (χ2v) is 7.69. The van der Waals surface area contributed by atoms with E-state index < -0.39 is 0 Å². The maximum absolute atomic E-state index is 12.7. The van der Waals surface area contributed by atoms with E-state index >= 15 is 0 Å². The van der Waals surface area contributed by atoms with Crippen LogP contribution in [0.1, 0.15) is 10.4 Å². The molecule has 33 heavy (non-hydrogen) atoms. The third kappa shape index (κ3) is 5.36. The Balaban J connectivity index is 1.43. The maximum Gasteiger partial charge on any atom is 0.257 e. The predicted molar refractivity (Wildman–Crippen MR) is 126 cm³/mol. The van der Waals surface area contributed by atoms with Crippen LogP contribution >= 0.6 is 11.8 Å². The lowest BCUT2D eigenvalue weighted by Gasteiger charge is -2.12. The van der Waals surface area contributed by atoms with Gasteiger partial charge in [0.1, 0.15) is 11.4 Å². The fourth-order valence-corrected chi connectivity index (χ4v) is 3.74. The second kappa shape index (κ2) is 10.4. The Morgan fingerprint density at radius 2 is 1.67 bits per heavy atom. The first-order valence-electron chi connectivity index (χ1n) is 9.95. The minimum Gasteiger partial charge on any atom is -0.494 e. The van der Waals surface area contributed by atoms with Crippen molar-refractivity contribution in [3.63, 3.8) is 0 Å². The average molecular weight is 461 g/mol. The van der Waals surface area contributed by atoms with Gasteiger partial charge in [0, 0.05) is 5.69 Å². The van der Waals surface area contributed by atoms with E-state index in [1.165, 1.54) is 16.4 Å². The number of carbonyl (C=O) groups excluding carboxylic acids is 2. The molecule has 0 spiro atoms. The largest absolute Gasteiger partial charge is 0.494 e. The highest BCUT2D eigenvalue weighted by molar-refractivity contribution is 7.99. The van der Waals surface area contributed by atoms with Crippen molar-refractivity contribution in [1.29, 1.82) is 0 Å². The molecule has 0 saturated heterocycles. The summed E-state index contributed by atoms with van der Waals surface area (Å²) in [6.45, 7) is 0. The van der Waals surface area contributed by atoms with E-state index in [4.69, 9.17) is 4.74 Å². The summed E-state index contributed by atoms with van der Waals surface area (Å²) in [4.78, 5) is 25.4. The molecule has 0 aliphatic heterocycles. The molecule has 0 aliphatic rings. The van der Waals surface area contributed by atoms with Crippen molar-refractivity contribution in [2.75, 3.05) is 23.5 Å². The third-order valence-electron chi connectivity index (χ3n) is 4.56. The normalized spacial score (nSPS) is 10.5. The Labute approximate surface area is 194 Å². The van der Waals surface area contributed by atoms with E-state index in [1.807, 2.05) is 36.4 Å². The van der Waals surface area contributed by atoms with Crippen LogP contribution in [-0.4, -0.2) is 44.9 Å². The average Bonchev–Trinajstić information content (AvgIpc) is 3.32. The zero-order valence-electron chi connectivity index (χ0n) is 17.6. The van der Waals surface area contributed by atoms with Crippen LogP contribution in [0.4, 0.5) is 11.4 Å². The molecule has 10 heteroatoms. The van der Waals surface area contributed by atoms with Gasteiger partial charge < -0.3 is 15.4 Å². The molecule has 9 nitrogen and oxygen atoms in total. The van der Waals surface area contributed by atoms with Gasteiger partial charge in [-0.25, -0.2) is 0 Å². The highest BCUT2D eigenvalue weighted by Crippen LogP contribution is 2.26. The molecule has 0 atom stereocenters. The smallest absolute Gasteiger partial charge is 0.257 e. The van der Waals surface area contributed by atoms with Gasteiger partial charge in [0.15, 0.2) is 0 Å². The van der Waals surface area contributed by atoms with E-state index in [0.29, 0.717) is 33.5 Å². The highest BCUT2D eigenvalue weighted by Gasteiger charge is 2.17. The first-order chi connectivity index (χ1) is 16.2. The number of tetrazole rings is 1. The van der Waals surface area contributed by atoms with E-state index in [2.05, 4.69) is 26.2 Å². The zero-order valence-corrected chi connectivity index (χ0v) is 18.5. The number of hydrogen-bond donors (Lipinski definition) is 2. The lowest BCUT2D eigenvalue weighted by atomic mass is 10.1. The number of nitrogens with one attached hydrogen (secondary N) is 2. The third-order valence-corrected chi connectivity index (χ3v) is 5.48. The van der Waals surface area contributed by atoms with Gasteiger partial charge in [0.05, 0.1) is 24.1 Å². The monoisotopic (exact) mass is 460 g/mol. The molecule has 1 aromatic heterocycles. The van der Waals surface area contributed by atoms with Crippen LogP contribution in [0.5, 0.6) is 5.75 Å². The van der Waals surface area contributed by atoms with Crippen LogP contribution in [0.2, 0.25) is 0 Å². The number of aromatic nitrogens is 4. The Morgan fingerprint density at radius 3 is 2.48 bits per heavy atom. The summed E-state index contributed by atoms with van der Waals surface area (Å²) in [5.74, 6) is 0.0401. The number of rotatable bonds is 8. The molecular weight excluding hydrogens is 440 g/mol. The Morgan fingerprint density at radius 1 is 0.939 bits per heavy atom. The van der Waals surface area contributed by atoms with Gasteiger partial charge >= 0.3 is 0 Å². The van der Waals surface area contributed by atoms with Gasteiger partial charge in [-0.05, 0) is 46.8 Å². The van der Waals surface area contributed by atoms with Crippen LogP contribution in [0.15, 0.2) is 84.0 Å². The lowest BCUT2D eigenvalue weighted by molar-refractivity contribution is -0.113. The van der Waals surface area contributed by atoms with Crippen molar-refractivity contribution >= 4 is 35.0 Å². The van der Waals surface area contributed by atoms with Crippen LogP contribution < -0.4 is 15.4 Å². The van der Waals surface area contributed by atoms with Crippen molar-refractivity contribution in [2.45, 2.75) is 5.16 Å². The van der Waals surface area contributed by atoms with Crippen molar-refractivity contribution in [2.24, 2.45) is 0 Å². The Hall–Kier alpha value is -4.18. The van der Waals surface area contributed by atoms with Gasteiger partial charge in [-0.2, -0.15) is 4.68 Å². The molecular formula is C23H20N6O3S. The first kappa shape index (κ1) is 22.0. The van der Waals surface area contributed by atoms with Gasteiger partial charge in [0.2, 0.25) is 11.1 Å². The molecule has 0 unspecified atom stereocenters. The molecule has 166 valence electrons. The van der Waals surface area contributed by atoms with Gasteiger partial charge in [-0.1, -0.05) is 54.2 Å². The molecule has 0 bridgehead atoms. The number of anilines is 2. The van der Waals surface area contributed by atoms with E-state index in [0.717, 1.165) is 0 Å². The van der Waals surface area contributed by atoms with E-state index in [-0.39, 0.29) is 17.6 Å². The van der Waals surface area contributed by atoms with Crippen molar-refractivity contribution in [1.82, 2.24) is 20.2 Å². The maximum atomic E-state index is 12.7. The number of carbonyl (C=O) groups is 2. The number of para-hydroxylation sites is 4. The molecule has 0 saturated carbocycles. The standard InChI is InChI=1S/C23H20N6O3S/c1-32-20-14-8-7-13-19(20)29-23(26-27-28-29)33-15-21(30)25-18-12-6-5-11-17(18)22(31)24-16-9-3-2-4-10-16/h2-14H,15H2,1H3,(H,24,31)(H,25,30). The molecule has 4 aromatic rings. The number of hydrogen-bond acceptors (Lipinski definition) is 7. The predicted octanol–water partition coefficient (Wildman–Crippen LogP) is 3.65. The van der Waals surface area contributed by atoms with Crippen LogP contribution in [-0.2, 0) is 4.79 Å².